The number of nitrogens with zero attached hydrogens (tertiary/aromatic N) is 1. The number of halogens is 2. The molecule has 1 saturated heterocycles. The number of amides is 1. The second-order valence-corrected chi connectivity index (χ2v) is 7.10. The predicted molar refractivity (Wildman–Crippen MR) is 85.7 cm³/mol. The van der Waals surface area contributed by atoms with E-state index >= 15 is 0 Å². The minimum absolute atomic E-state index is 0.0218. The van der Waals surface area contributed by atoms with E-state index < -0.39 is 11.6 Å². The number of hydrogen-bond acceptors (Lipinski definition) is 3. The second-order valence-electron chi connectivity index (χ2n) is 6.28. The van der Waals surface area contributed by atoms with Gasteiger partial charge in [-0.2, -0.15) is 0 Å². The van der Waals surface area contributed by atoms with Crippen LogP contribution in [0.15, 0.2) is 18.2 Å². The highest BCUT2D eigenvalue weighted by Crippen LogP contribution is 2.49. The number of carbonyl (C=O) groups is 2. The number of carboxylic acids is 1. The molecule has 1 saturated carbocycles. The van der Waals surface area contributed by atoms with Gasteiger partial charge in [0.2, 0.25) is 5.91 Å². The average Bonchev–Trinajstić information content (AvgIpc) is 3.30. The van der Waals surface area contributed by atoms with Crippen LogP contribution in [0, 0.1) is 5.92 Å². The lowest BCUT2D eigenvalue weighted by atomic mass is 9.91. The molecule has 124 valence electrons. The number of aliphatic hydroxyl groups is 1. The first-order chi connectivity index (χ1) is 10.8. The SMILES string of the molecule is O=C(C1CC1c1ccc(Cl)c(Cl)c1)N1CCC(O)(C(=O)O)CC1. The van der Waals surface area contributed by atoms with Gasteiger partial charge in [0.05, 0.1) is 10.0 Å². The molecule has 3 rings (SSSR count). The molecule has 2 atom stereocenters. The van der Waals surface area contributed by atoms with E-state index in [9.17, 15) is 14.7 Å². The Hall–Kier alpha value is -1.30. The van der Waals surface area contributed by atoms with Gasteiger partial charge in [-0.25, -0.2) is 4.79 Å². The van der Waals surface area contributed by atoms with Crippen molar-refractivity contribution in [1.29, 1.82) is 0 Å². The lowest BCUT2D eigenvalue weighted by molar-refractivity contribution is -0.165. The Morgan fingerprint density at radius 2 is 1.83 bits per heavy atom. The van der Waals surface area contributed by atoms with Gasteiger partial charge in [0, 0.05) is 31.8 Å². The summed E-state index contributed by atoms with van der Waals surface area (Å²) in [4.78, 5) is 25.2. The molecule has 23 heavy (non-hydrogen) atoms. The Morgan fingerprint density at radius 3 is 2.39 bits per heavy atom. The fourth-order valence-electron chi connectivity index (χ4n) is 3.12. The Kier molecular flexibility index (Phi) is 4.29. The number of aliphatic carboxylic acids is 1. The summed E-state index contributed by atoms with van der Waals surface area (Å²) in [6.45, 7) is 0.540. The van der Waals surface area contributed by atoms with Crippen molar-refractivity contribution in [3.63, 3.8) is 0 Å². The van der Waals surface area contributed by atoms with E-state index in [2.05, 4.69) is 0 Å². The third-order valence-corrected chi connectivity index (χ3v) is 5.52. The molecule has 0 spiro atoms. The van der Waals surface area contributed by atoms with E-state index in [4.69, 9.17) is 28.3 Å². The molecule has 1 aromatic carbocycles. The molecule has 1 aliphatic carbocycles. The lowest BCUT2D eigenvalue weighted by Crippen LogP contribution is -2.51. The molecule has 5 nitrogen and oxygen atoms in total. The van der Waals surface area contributed by atoms with Gasteiger partial charge in [-0.15, -0.1) is 0 Å². The fraction of sp³-hybridized carbons (Fsp3) is 0.500. The normalized spacial score (nSPS) is 26.0. The van der Waals surface area contributed by atoms with Gasteiger partial charge in [0.25, 0.3) is 0 Å². The van der Waals surface area contributed by atoms with Crippen molar-refractivity contribution in [2.45, 2.75) is 30.8 Å². The van der Waals surface area contributed by atoms with E-state index in [-0.39, 0.29) is 43.7 Å². The van der Waals surface area contributed by atoms with E-state index in [1.165, 1.54) is 0 Å². The monoisotopic (exact) mass is 357 g/mol. The van der Waals surface area contributed by atoms with Crippen LogP contribution in [0.1, 0.15) is 30.7 Å². The zero-order valence-electron chi connectivity index (χ0n) is 12.3. The summed E-state index contributed by atoms with van der Waals surface area (Å²) >= 11 is 11.9. The van der Waals surface area contributed by atoms with Gasteiger partial charge in [-0.05, 0) is 30.0 Å². The number of hydrogen-bond donors (Lipinski definition) is 2. The van der Waals surface area contributed by atoms with Gasteiger partial charge in [0.15, 0.2) is 5.60 Å². The standard InChI is InChI=1S/C16H17Cl2NO4/c17-12-2-1-9(7-13(12)18)10-8-11(10)14(20)19-5-3-16(23,4-6-19)15(21)22/h1-2,7,10-11,23H,3-6,8H2,(H,21,22). The molecule has 1 aromatic rings. The minimum Gasteiger partial charge on any atom is -0.479 e. The Morgan fingerprint density at radius 1 is 1.17 bits per heavy atom. The van der Waals surface area contributed by atoms with Crippen LogP contribution in [-0.2, 0) is 9.59 Å². The largest absolute Gasteiger partial charge is 0.479 e. The van der Waals surface area contributed by atoms with Crippen molar-refractivity contribution in [3.8, 4) is 0 Å². The van der Waals surface area contributed by atoms with Crippen LogP contribution in [0.4, 0.5) is 0 Å². The fourth-order valence-corrected chi connectivity index (χ4v) is 3.43. The first kappa shape index (κ1) is 16.6. The topological polar surface area (TPSA) is 77.8 Å². The first-order valence-corrected chi connectivity index (χ1v) is 8.27. The minimum atomic E-state index is -1.70. The molecule has 0 aromatic heterocycles. The van der Waals surface area contributed by atoms with Crippen molar-refractivity contribution in [2.75, 3.05) is 13.1 Å². The first-order valence-electron chi connectivity index (χ1n) is 7.51. The highest BCUT2D eigenvalue weighted by atomic mass is 35.5. The molecule has 2 fully saturated rings. The quantitative estimate of drug-likeness (QED) is 0.871. The molecule has 0 radical (unpaired) electrons. The Balaban J connectivity index is 1.61. The highest BCUT2D eigenvalue weighted by molar-refractivity contribution is 6.42. The van der Waals surface area contributed by atoms with Gasteiger partial charge < -0.3 is 15.1 Å². The summed E-state index contributed by atoms with van der Waals surface area (Å²) in [5.41, 5.74) is -0.708. The molecular weight excluding hydrogens is 341 g/mol. The van der Waals surface area contributed by atoms with Crippen molar-refractivity contribution in [1.82, 2.24) is 4.90 Å². The number of rotatable bonds is 3. The van der Waals surface area contributed by atoms with Gasteiger partial charge in [-0.1, -0.05) is 29.3 Å². The van der Waals surface area contributed by atoms with Crippen molar-refractivity contribution >= 4 is 35.1 Å². The number of likely N-dealkylation sites (tertiary alicyclic amines) is 1. The summed E-state index contributed by atoms with van der Waals surface area (Å²) in [6.07, 6.45) is 0.896. The molecular formula is C16H17Cl2NO4. The predicted octanol–water partition coefficient (Wildman–Crippen LogP) is 2.54. The maximum atomic E-state index is 12.5. The average molecular weight is 358 g/mol. The van der Waals surface area contributed by atoms with Crippen LogP contribution < -0.4 is 0 Å². The zero-order chi connectivity index (χ0) is 16.8. The smallest absolute Gasteiger partial charge is 0.335 e. The van der Waals surface area contributed by atoms with Crippen LogP contribution in [-0.4, -0.2) is 45.7 Å². The number of carbonyl (C=O) groups excluding carboxylic acids is 1. The second kappa shape index (κ2) is 5.96. The number of carboxylic acid groups (broad SMARTS) is 1. The maximum Gasteiger partial charge on any atom is 0.335 e. The number of benzene rings is 1. The third kappa shape index (κ3) is 3.18. The number of piperidine rings is 1. The maximum absolute atomic E-state index is 12.5. The molecule has 0 bridgehead atoms. The van der Waals surface area contributed by atoms with Gasteiger partial charge in [0.1, 0.15) is 0 Å². The molecule has 2 aliphatic rings. The van der Waals surface area contributed by atoms with Crippen molar-refractivity contribution < 1.29 is 19.8 Å². The highest BCUT2D eigenvalue weighted by Gasteiger charge is 2.48. The summed E-state index contributed by atoms with van der Waals surface area (Å²) in [7, 11) is 0. The summed E-state index contributed by atoms with van der Waals surface area (Å²) in [5.74, 6) is -1.15. The Bertz CT molecular complexity index is 655. The summed E-state index contributed by atoms with van der Waals surface area (Å²) < 4.78 is 0. The molecule has 2 N–H and O–H groups in total. The van der Waals surface area contributed by atoms with Crippen LogP contribution >= 0.6 is 23.2 Å². The Labute approximate surface area is 143 Å². The van der Waals surface area contributed by atoms with E-state index in [1.54, 1.807) is 17.0 Å². The van der Waals surface area contributed by atoms with Crippen molar-refractivity contribution in [2.24, 2.45) is 5.92 Å². The molecule has 1 heterocycles. The van der Waals surface area contributed by atoms with Crippen LogP contribution in [0.5, 0.6) is 0 Å². The molecule has 1 aliphatic heterocycles. The third-order valence-electron chi connectivity index (χ3n) is 4.78. The van der Waals surface area contributed by atoms with Crippen LogP contribution in [0.2, 0.25) is 10.0 Å². The molecule has 7 heteroatoms. The summed E-state index contributed by atoms with van der Waals surface area (Å²) in [6, 6.07) is 5.40. The van der Waals surface area contributed by atoms with Crippen LogP contribution in [0.3, 0.4) is 0 Å². The molecule has 1 amide bonds. The van der Waals surface area contributed by atoms with Gasteiger partial charge in [-0.3, -0.25) is 4.79 Å². The summed E-state index contributed by atoms with van der Waals surface area (Å²) in [5, 5.41) is 19.9. The van der Waals surface area contributed by atoms with E-state index in [1.807, 2.05) is 6.07 Å². The van der Waals surface area contributed by atoms with Gasteiger partial charge >= 0.3 is 5.97 Å². The lowest BCUT2D eigenvalue weighted by Gasteiger charge is -2.35. The van der Waals surface area contributed by atoms with Crippen LogP contribution in [0.25, 0.3) is 0 Å². The van der Waals surface area contributed by atoms with E-state index in [0.29, 0.717) is 10.0 Å². The van der Waals surface area contributed by atoms with Crippen molar-refractivity contribution in [3.05, 3.63) is 33.8 Å². The zero-order valence-corrected chi connectivity index (χ0v) is 13.8. The van der Waals surface area contributed by atoms with E-state index in [0.717, 1.165) is 12.0 Å². The molecule has 2 unspecified atom stereocenters.